The van der Waals surface area contributed by atoms with Crippen LogP contribution in [0.5, 0.6) is 0 Å². The number of hydrogen-bond donors (Lipinski definition) is 5. The van der Waals surface area contributed by atoms with Gasteiger partial charge in [0.1, 0.15) is 0 Å². The molecule has 0 fully saturated rings. The second-order valence-electron chi connectivity index (χ2n) is 3.49. The zero-order valence-corrected chi connectivity index (χ0v) is 9.97. The van der Waals surface area contributed by atoms with E-state index in [1.54, 1.807) is 0 Å². The van der Waals surface area contributed by atoms with Gasteiger partial charge in [-0.05, 0) is 17.5 Å². The molecule has 2 amide bonds. The Kier molecular flexibility index (Phi) is 4.56. The predicted molar refractivity (Wildman–Crippen MR) is 70.7 cm³/mol. The molecule has 2 aromatic rings. The van der Waals surface area contributed by atoms with E-state index in [2.05, 4.69) is 28.6 Å². The number of nitrogens with two attached hydrogens (primary N) is 2. The van der Waals surface area contributed by atoms with Gasteiger partial charge in [-0.15, -0.1) is 0 Å². The minimum absolute atomic E-state index is 0.323. The number of nitrogens with zero attached hydrogens (tertiary/aromatic N) is 1. The van der Waals surface area contributed by atoms with Crippen molar-refractivity contribution in [1.82, 2.24) is 15.4 Å². The molecule has 0 aliphatic carbocycles. The standard InChI is InChI=1S/C8H7N.C3H9N5O/c1-2-4-8-7(3-1)5-6-9-8;1-8(3(6)9)7-2(4)5/h1-6,9H;1H3,(H2,6,9)(H4,4,5,7). The topological polar surface area (TPSA) is 124 Å². The van der Waals surface area contributed by atoms with E-state index in [-0.39, 0.29) is 5.96 Å². The van der Waals surface area contributed by atoms with E-state index in [0.29, 0.717) is 0 Å². The number of rotatable bonds is 0. The van der Waals surface area contributed by atoms with Gasteiger partial charge in [-0.25, -0.2) is 9.80 Å². The molecule has 18 heavy (non-hydrogen) atoms. The van der Waals surface area contributed by atoms with E-state index in [1.165, 1.54) is 18.0 Å². The quantitative estimate of drug-likeness (QED) is 0.266. The first kappa shape index (κ1) is 13.4. The number of para-hydroxylation sites is 1. The lowest BCUT2D eigenvalue weighted by molar-refractivity contribution is 0.210. The average Bonchev–Trinajstić information content (AvgIpc) is 2.76. The molecule has 0 saturated heterocycles. The molecule has 0 aliphatic rings. The molecule has 0 bridgehead atoms. The van der Waals surface area contributed by atoms with E-state index < -0.39 is 6.03 Å². The molecule has 7 nitrogen and oxygen atoms in total. The van der Waals surface area contributed by atoms with Crippen molar-refractivity contribution in [2.45, 2.75) is 0 Å². The summed E-state index contributed by atoms with van der Waals surface area (Å²) in [6.07, 6.45) is 1.95. The SMILES string of the molecule is CN(NC(=N)N)C(N)=O.c1ccc2[nH]ccc2c1. The minimum atomic E-state index is -0.690. The molecular formula is C11H16N6O. The first-order valence-electron chi connectivity index (χ1n) is 5.16. The smallest absolute Gasteiger partial charge is 0.333 e. The van der Waals surface area contributed by atoms with Crippen molar-refractivity contribution in [1.29, 1.82) is 5.41 Å². The third-order valence-electron chi connectivity index (χ3n) is 2.08. The molecule has 0 saturated carbocycles. The summed E-state index contributed by atoms with van der Waals surface area (Å²) in [6.45, 7) is 0. The number of H-pyrrole nitrogens is 1. The maximum absolute atomic E-state index is 10.2. The Labute approximate surface area is 104 Å². The summed E-state index contributed by atoms with van der Waals surface area (Å²) in [6, 6.07) is 9.59. The van der Waals surface area contributed by atoms with E-state index >= 15 is 0 Å². The summed E-state index contributed by atoms with van der Waals surface area (Å²) in [5.41, 5.74) is 13.0. The molecule has 0 atom stereocenters. The molecule has 7 N–H and O–H groups in total. The van der Waals surface area contributed by atoms with Gasteiger partial charge in [0.05, 0.1) is 0 Å². The minimum Gasteiger partial charge on any atom is -0.369 e. The summed E-state index contributed by atoms with van der Waals surface area (Å²) >= 11 is 0. The molecule has 0 spiro atoms. The van der Waals surface area contributed by atoms with E-state index in [1.807, 2.05) is 18.3 Å². The Hall–Kier alpha value is -2.70. The van der Waals surface area contributed by atoms with Crippen LogP contribution < -0.4 is 16.9 Å². The molecule has 1 heterocycles. The van der Waals surface area contributed by atoms with Gasteiger partial charge in [0.25, 0.3) is 0 Å². The zero-order chi connectivity index (χ0) is 13.5. The van der Waals surface area contributed by atoms with Crippen LogP contribution in [-0.4, -0.2) is 29.0 Å². The number of hydrazine groups is 1. The van der Waals surface area contributed by atoms with Crippen LogP contribution in [-0.2, 0) is 0 Å². The second kappa shape index (κ2) is 6.14. The highest BCUT2D eigenvalue weighted by molar-refractivity contribution is 5.79. The number of guanidine groups is 1. The number of fused-ring (bicyclic) bond motifs is 1. The predicted octanol–water partition coefficient (Wildman–Crippen LogP) is 0.563. The Morgan fingerprint density at radius 3 is 2.50 bits per heavy atom. The number of nitrogens with one attached hydrogen (secondary N) is 3. The van der Waals surface area contributed by atoms with Crippen molar-refractivity contribution in [3.63, 3.8) is 0 Å². The van der Waals surface area contributed by atoms with Crippen LogP contribution >= 0.6 is 0 Å². The van der Waals surface area contributed by atoms with Gasteiger partial charge in [-0.3, -0.25) is 10.8 Å². The lowest BCUT2D eigenvalue weighted by Gasteiger charge is -2.13. The lowest BCUT2D eigenvalue weighted by atomic mass is 10.3. The largest absolute Gasteiger partial charge is 0.369 e. The number of primary amides is 1. The molecular weight excluding hydrogens is 232 g/mol. The molecule has 0 aliphatic heterocycles. The summed E-state index contributed by atoms with van der Waals surface area (Å²) in [5, 5.41) is 8.82. The van der Waals surface area contributed by atoms with Crippen molar-refractivity contribution >= 4 is 22.9 Å². The number of aromatic nitrogens is 1. The summed E-state index contributed by atoms with van der Waals surface area (Å²) in [7, 11) is 1.36. The highest BCUT2D eigenvalue weighted by atomic mass is 16.2. The highest BCUT2D eigenvalue weighted by Gasteiger charge is 2.00. The van der Waals surface area contributed by atoms with Crippen LogP contribution in [0.2, 0.25) is 0 Å². The number of carbonyl (C=O) groups is 1. The van der Waals surface area contributed by atoms with E-state index in [0.717, 1.165) is 5.01 Å². The fourth-order valence-corrected chi connectivity index (χ4v) is 1.23. The summed E-state index contributed by atoms with van der Waals surface area (Å²) in [4.78, 5) is 13.3. The number of amides is 2. The van der Waals surface area contributed by atoms with Crippen LogP contribution in [0.25, 0.3) is 10.9 Å². The Bertz CT molecular complexity index is 505. The van der Waals surface area contributed by atoms with Gasteiger partial charge in [0, 0.05) is 18.8 Å². The van der Waals surface area contributed by atoms with Crippen LogP contribution in [0.3, 0.4) is 0 Å². The van der Waals surface area contributed by atoms with Crippen molar-refractivity contribution in [3.8, 4) is 0 Å². The molecule has 2 rings (SSSR count). The second-order valence-corrected chi connectivity index (χ2v) is 3.49. The van der Waals surface area contributed by atoms with Crippen LogP contribution in [0.15, 0.2) is 36.5 Å². The third-order valence-corrected chi connectivity index (χ3v) is 2.08. The van der Waals surface area contributed by atoms with Gasteiger partial charge < -0.3 is 16.5 Å². The Balaban J connectivity index is 0.000000180. The Morgan fingerprint density at radius 2 is 2.00 bits per heavy atom. The highest BCUT2D eigenvalue weighted by Crippen LogP contribution is 2.09. The molecule has 96 valence electrons. The normalized spacial score (nSPS) is 9.17. The molecule has 1 aromatic heterocycles. The molecule has 0 unspecified atom stereocenters. The van der Waals surface area contributed by atoms with Crippen LogP contribution in [0, 0.1) is 5.41 Å². The Morgan fingerprint density at radius 1 is 1.33 bits per heavy atom. The van der Waals surface area contributed by atoms with E-state index in [4.69, 9.17) is 16.9 Å². The van der Waals surface area contributed by atoms with Crippen molar-refractivity contribution in [2.75, 3.05) is 7.05 Å². The summed E-state index contributed by atoms with van der Waals surface area (Å²) < 4.78 is 0. The number of carbonyl (C=O) groups excluding carboxylic acids is 1. The monoisotopic (exact) mass is 248 g/mol. The van der Waals surface area contributed by atoms with Gasteiger partial charge in [-0.2, -0.15) is 0 Å². The fourth-order valence-electron chi connectivity index (χ4n) is 1.23. The molecule has 1 aromatic carbocycles. The zero-order valence-electron chi connectivity index (χ0n) is 9.97. The number of aromatic amines is 1. The molecule has 7 heteroatoms. The maximum atomic E-state index is 10.2. The van der Waals surface area contributed by atoms with Crippen LogP contribution in [0.4, 0.5) is 4.79 Å². The number of hydrogen-bond acceptors (Lipinski definition) is 2. The molecule has 0 radical (unpaired) electrons. The van der Waals surface area contributed by atoms with E-state index in [9.17, 15) is 4.79 Å². The fraction of sp³-hybridized carbons (Fsp3) is 0.0909. The lowest BCUT2D eigenvalue weighted by Crippen LogP contribution is -2.48. The first-order valence-corrected chi connectivity index (χ1v) is 5.16. The number of urea groups is 1. The van der Waals surface area contributed by atoms with Gasteiger partial charge >= 0.3 is 6.03 Å². The number of benzene rings is 1. The van der Waals surface area contributed by atoms with Crippen molar-refractivity contribution < 1.29 is 4.79 Å². The third kappa shape index (κ3) is 4.05. The van der Waals surface area contributed by atoms with Crippen molar-refractivity contribution in [2.24, 2.45) is 11.5 Å². The maximum Gasteiger partial charge on any atom is 0.333 e. The van der Waals surface area contributed by atoms with Crippen LogP contribution in [0.1, 0.15) is 0 Å². The summed E-state index contributed by atoms with van der Waals surface area (Å²) in [5.74, 6) is -0.323. The van der Waals surface area contributed by atoms with Gasteiger partial charge in [0.2, 0.25) is 5.96 Å². The average molecular weight is 248 g/mol. The van der Waals surface area contributed by atoms with Crippen molar-refractivity contribution in [3.05, 3.63) is 36.5 Å². The first-order chi connectivity index (χ1) is 8.50. The van der Waals surface area contributed by atoms with Gasteiger partial charge in [-0.1, -0.05) is 18.2 Å². The van der Waals surface area contributed by atoms with Gasteiger partial charge in [0.15, 0.2) is 0 Å².